The van der Waals surface area contributed by atoms with Crippen LogP contribution in [0.15, 0.2) is 18.2 Å². The lowest BCUT2D eigenvalue weighted by molar-refractivity contribution is -0.113. The van der Waals surface area contributed by atoms with Gasteiger partial charge in [0.1, 0.15) is 0 Å². The van der Waals surface area contributed by atoms with E-state index in [9.17, 15) is 4.79 Å². The number of hydrogen-bond acceptors (Lipinski definition) is 1. The SMILES string of the molecule is Cc1cccc(C)c1NC(=O)C[S+](C)C. The minimum atomic E-state index is 0.112. The molecule has 15 heavy (non-hydrogen) atoms. The summed E-state index contributed by atoms with van der Waals surface area (Å²) in [4.78, 5) is 11.6. The average molecular weight is 224 g/mol. The van der Waals surface area contributed by atoms with Gasteiger partial charge >= 0.3 is 0 Å². The summed E-state index contributed by atoms with van der Waals surface area (Å²) in [6, 6.07) is 6.03. The van der Waals surface area contributed by atoms with Gasteiger partial charge in [0.2, 0.25) is 0 Å². The van der Waals surface area contributed by atoms with Crippen LogP contribution < -0.4 is 5.32 Å². The Kier molecular flexibility index (Phi) is 4.21. The molecule has 0 atom stereocenters. The van der Waals surface area contributed by atoms with Gasteiger partial charge in [-0.2, -0.15) is 0 Å². The average Bonchev–Trinajstić information content (AvgIpc) is 2.10. The number of para-hydroxylation sites is 1. The van der Waals surface area contributed by atoms with Gasteiger partial charge in [0, 0.05) is 5.69 Å². The maximum absolute atomic E-state index is 11.6. The first-order chi connectivity index (χ1) is 7.00. The zero-order valence-electron chi connectivity index (χ0n) is 9.76. The summed E-state index contributed by atoms with van der Waals surface area (Å²) in [6.07, 6.45) is 4.15. The molecule has 1 aromatic rings. The molecule has 0 aliphatic rings. The van der Waals surface area contributed by atoms with Crippen LogP contribution in [0, 0.1) is 13.8 Å². The molecular formula is C12H18NOS+. The third-order valence-corrected chi connectivity index (χ3v) is 3.00. The maximum Gasteiger partial charge on any atom is 0.274 e. The number of anilines is 1. The van der Waals surface area contributed by atoms with E-state index in [1.807, 2.05) is 32.0 Å². The molecule has 0 saturated heterocycles. The van der Waals surface area contributed by atoms with Crippen LogP contribution in [-0.4, -0.2) is 24.2 Å². The monoisotopic (exact) mass is 224 g/mol. The lowest BCUT2D eigenvalue weighted by Gasteiger charge is -2.10. The fourth-order valence-corrected chi connectivity index (χ4v) is 2.05. The van der Waals surface area contributed by atoms with Crippen LogP contribution in [-0.2, 0) is 15.7 Å². The second-order valence-corrected chi connectivity index (χ2v) is 6.20. The van der Waals surface area contributed by atoms with E-state index in [1.165, 1.54) is 0 Å². The van der Waals surface area contributed by atoms with Crippen molar-refractivity contribution in [2.24, 2.45) is 0 Å². The predicted octanol–water partition coefficient (Wildman–Crippen LogP) is 2.12. The largest absolute Gasteiger partial charge is 0.322 e. The number of amides is 1. The molecule has 0 unspecified atom stereocenters. The standard InChI is InChI=1S/C12H17NOS/c1-9-6-5-7-10(2)12(9)13-11(14)8-15(3)4/h5-7H,8H2,1-4H3/p+1. The van der Waals surface area contributed by atoms with Gasteiger partial charge in [-0.25, -0.2) is 0 Å². The highest BCUT2D eigenvalue weighted by Gasteiger charge is 2.13. The Balaban J connectivity index is 2.76. The normalized spacial score (nSPS) is 10.5. The summed E-state index contributed by atoms with van der Waals surface area (Å²) < 4.78 is 0. The number of benzene rings is 1. The molecule has 0 bridgehead atoms. The van der Waals surface area contributed by atoms with E-state index < -0.39 is 0 Å². The van der Waals surface area contributed by atoms with Crippen molar-refractivity contribution in [1.82, 2.24) is 0 Å². The highest BCUT2D eigenvalue weighted by atomic mass is 32.2. The van der Waals surface area contributed by atoms with Gasteiger partial charge in [-0.3, -0.25) is 4.79 Å². The fourth-order valence-electron chi connectivity index (χ4n) is 1.45. The fraction of sp³-hybridized carbons (Fsp3) is 0.417. The molecular weight excluding hydrogens is 206 g/mol. The van der Waals surface area contributed by atoms with Crippen molar-refractivity contribution in [2.75, 3.05) is 23.6 Å². The first-order valence-corrected chi connectivity index (χ1v) is 7.12. The first kappa shape index (κ1) is 12.1. The molecule has 82 valence electrons. The number of nitrogens with one attached hydrogen (secondary N) is 1. The predicted molar refractivity (Wildman–Crippen MR) is 68.6 cm³/mol. The molecule has 0 spiro atoms. The van der Waals surface area contributed by atoms with Gasteiger partial charge in [0.15, 0.2) is 5.75 Å². The molecule has 0 saturated carbocycles. The highest BCUT2D eigenvalue weighted by Crippen LogP contribution is 2.19. The van der Waals surface area contributed by atoms with E-state index in [1.54, 1.807) is 0 Å². The Morgan fingerprint density at radius 1 is 1.27 bits per heavy atom. The van der Waals surface area contributed by atoms with Gasteiger partial charge in [-0.05, 0) is 35.9 Å². The molecule has 0 aliphatic carbocycles. The van der Waals surface area contributed by atoms with Crippen molar-refractivity contribution in [1.29, 1.82) is 0 Å². The second kappa shape index (κ2) is 5.21. The van der Waals surface area contributed by atoms with Gasteiger partial charge in [0.25, 0.3) is 5.91 Å². The smallest absolute Gasteiger partial charge is 0.274 e. The minimum Gasteiger partial charge on any atom is -0.322 e. The van der Waals surface area contributed by atoms with E-state index in [0.29, 0.717) is 5.75 Å². The van der Waals surface area contributed by atoms with Crippen LogP contribution in [0.3, 0.4) is 0 Å². The molecule has 2 nitrogen and oxygen atoms in total. The van der Waals surface area contributed by atoms with Crippen molar-refractivity contribution in [3.8, 4) is 0 Å². The van der Waals surface area contributed by atoms with Gasteiger partial charge in [-0.1, -0.05) is 18.2 Å². The highest BCUT2D eigenvalue weighted by molar-refractivity contribution is 7.96. The summed E-state index contributed by atoms with van der Waals surface area (Å²) in [5.41, 5.74) is 3.21. The van der Waals surface area contributed by atoms with Crippen LogP contribution in [0.25, 0.3) is 0 Å². The maximum atomic E-state index is 11.6. The minimum absolute atomic E-state index is 0.112. The van der Waals surface area contributed by atoms with Crippen molar-refractivity contribution in [3.05, 3.63) is 29.3 Å². The molecule has 1 aromatic carbocycles. The Bertz CT molecular complexity index is 340. The molecule has 3 heteroatoms. The Hall–Kier alpha value is -0.960. The Morgan fingerprint density at radius 3 is 2.27 bits per heavy atom. The summed E-state index contributed by atoms with van der Waals surface area (Å²) >= 11 is 0. The summed E-state index contributed by atoms with van der Waals surface area (Å²) in [7, 11) is 0.155. The summed E-state index contributed by atoms with van der Waals surface area (Å²) in [5, 5.41) is 2.98. The number of carbonyl (C=O) groups is 1. The van der Waals surface area contributed by atoms with E-state index >= 15 is 0 Å². The van der Waals surface area contributed by atoms with E-state index in [2.05, 4.69) is 17.8 Å². The van der Waals surface area contributed by atoms with Gasteiger partial charge in [-0.15, -0.1) is 0 Å². The number of rotatable bonds is 3. The van der Waals surface area contributed by atoms with Crippen LogP contribution in [0.1, 0.15) is 11.1 Å². The number of aryl methyl sites for hydroxylation is 2. The van der Waals surface area contributed by atoms with E-state index in [4.69, 9.17) is 0 Å². The van der Waals surface area contributed by atoms with Crippen LogP contribution in [0.4, 0.5) is 5.69 Å². The van der Waals surface area contributed by atoms with Crippen molar-refractivity contribution in [2.45, 2.75) is 13.8 Å². The van der Waals surface area contributed by atoms with E-state index in [-0.39, 0.29) is 16.8 Å². The molecule has 0 heterocycles. The quantitative estimate of drug-likeness (QED) is 0.783. The van der Waals surface area contributed by atoms with E-state index in [0.717, 1.165) is 16.8 Å². The van der Waals surface area contributed by atoms with Crippen molar-refractivity contribution in [3.63, 3.8) is 0 Å². The Morgan fingerprint density at radius 2 is 1.80 bits per heavy atom. The zero-order valence-corrected chi connectivity index (χ0v) is 10.6. The topological polar surface area (TPSA) is 29.1 Å². The molecule has 1 amide bonds. The third-order valence-electron chi connectivity index (χ3n) is 2.17. The molecule has 0 radical (unpaired) electrons. The second-order valence-electron chi connectivity index (χ2n) is 3.94. The molecule has 0 aromatic heterocycles. The summed E-state index contributed by atoms with van der Waals surface area (Å²) in [6.45, 7) is 4.03. The first-order valence-electron chi connectivity index (χ1n) is 4.91. The van der Waals surface area contributed by atoms with Crippen LogP contribution in [0.5, 0.6) is 0 Å². The van der Waals surface area contributed by atoms with Crippen LogP contribution >= 0.6 is 0 Å². The van der Waals surface area contributed by atoms with Gasteiger partial charge < -0.3 is 5.32 Å². The molecule has 1 rings (SSSR count). The number of hydrogen-bond donors (Lipinski definition) is 1. The molecule has 0 aliphatic heterocycles. The Labute approximate surface area is 94.4 Å². The zero-order chi connectivity index (χ0) is 11.4. The van der Waals surface area contributed by atoms with Gasteiger partial charge in [0.05, 0.1) is 12.5 Å². The third kappa shape index (κ3) is 3.59. The van der Waals surface area contributed by atoms with Crippen molar-refractivity contribution < 1.29 is 4.79 Å². The molecule has 1 N–H and O–H groups in total. The van der Waals surface area contributed by atoms with Crippen molar-refractivity contribution >= 4 is 22.5 Å². The lowest BCUT2D eigenvalue weighted by atomic mass is 10.1. The molecule has 0 fully saturated rings. The van der Waals surface area contributed by atoms with Crippen LogP contribution in [0.2, 0.25) is 0 Å². The lowest BCUT2D eigenvalue weighted by Crippen LogP contribution is -2.22. The summed E-state index contributed by atoms with van der Waals surface area (Å²) in [5.74, 6) is 0.717. The number of carbonyl (C=O) groups excluding carboxylic acids is 1.